The van der Waals surface area contributed by atoms with Gasteiger partial charge in [-0.3, -0.25) is 4.79 Å². The Labute approximate surface area is 112 Å². The molecular formula is C14H17N3O2. The van der Waals surface area contributed by atoms with Crippen LogP contribution in [0.15, 0.2) is 34.9 Å². The lowest BCUT2D eigenvalue weighted by atomic mass is 9.96. The van der Waals surface area contributed by atoms with E-state index in [0.717, 1.165) is 5.56 Å². The minimum atomic E-state index is -0.428. The summed E-state index contributed by atoms with van der Waals surface area (Å²) in [4.78, 5) is 16.0. The van der Waals surface area contributed by atoms with Crippen LogP contribution in [-0.2, 0) is 11.3 Å². The maximum Gasteiger partial charge on any atom is 0.246 e. The second-order valence-electron chi connectivity index (χ2n) is 5.31. The van der Waals surface area contributed by atoms with E-state index in [9.17, 15) is 4.79 Å². The molecule has 0 unspecified atom stereocenters. The van der Waals surface area contributed by atoms with Crippen molar-refractivity contribution in [3.05, 3.63) is 36.2 Å². The number of carbonyl (C=O) groups is 1. The van der Waals surface area contributed by atoms with Gasteiger partial charge < -0.3 is 9.84 Å². The molecule has 0 aliphatic carbocycles. The predicted molar refractivity (Wildman–Crippen MR) is 71.0 cm³/mol. The van der Waals surface area contributed by atoms with Gasteiger partial charge in [-0.2, -0.15) is 4.98 Å². The van der Waals surface area contributed by atoms with E-state index in [0.29, 0.717) is 11.7 Å². The van der Waals surface area contributed by atoms with Crippen molar-refractivity contribution in [3.8, 4) is 11.4 Å². The summed E-state index contributed by atoms with van der Waals surface area (Å²) in [6.45, 7) is 5.80. The molecule has 1 aromatic carbocycles. The third kappa shape index (κ3) is 3.40. The minimum Gasteiger partial charge on any atom is -0.347 e. The standard InChI is InChI=1S/C14H17N3O2/c1-14(2,3)13(18)15-9-11-16-12(17-19-11)10-7-5-4-6-8-10/h4-8H,9H2,1-3H3,(H,15,18). The Morgan fingerprint density at radius 2 is 1.95 bits per heavy atom. The molecule has 5 nitrogen and oxygen atoms in total. The van der Waals surface area contributed by atoms with Crippen molar-refractivity contribution >= 4 is 5.91 Å². The number of hydrogen-bond donors (Lipinski definition) is 1. The highest BCUT2D eigenvalue weighted by molar-refractivity contribution is 5.81. The SMILES string of the molecule is CC(C)(C)C(=O)NCc1nc(-c2ccccc2)no1. The quantitative estimate of drug-likeness (QED) is 0.919. The van der Waals surface area contributed by atoms with Gasteiger partial charge in [-0.15, -0.1) is 0 Å². The van der Waals surface area contributed by atoms with Crippen molar-refractivity contribution in [1.82, 2.24) is 15.5 Å². The van der Waals surface area contributed by atoms with Crippen LogP contribution in [0.3, 0.4) is 0 Å². The highest BCUT2D eigenvalue weighted by atomic mass is 16.5. The first-order valence-electron chi connectivity index (χ1n) is 6.13. The lowest BCUT2D eigenvalue weighted by Crippen LogP contribution is -2.34. The average molecular weight is 259 g/mol. The molecule has 0 saturated heterocycles. The second kappa shape index (κ2) is 5.22. The summed E-state index contributed by atoms with van der Waals surface area (Å²) in [7, 11) is 0. The Morgan fingerprint density at radius 3 is 2.58 bits per heavy atom. The van der Waals surface area contributed by atoms with Gasteiger partial charge in [0.2, 0.25) is 17.6 Å². The van der Waals surface area contributed by atoms with E-state index < -0.39 is 5.41 Å². The molecule has 0 radical (unpaired) electrons. The lowest BCUT2D eigenvalue weighted by molar-refractivity contribution is -0.128. The molecule has 0 fully saturated rings. The molecule has 1 heterocycles. The topological polar surface area (TPSA) is 68.0 Å². The number of aromatic nitrogens is 2. The summed E-state index contributed by atoms with van der Waals surface area (Å²) in [6.07, 6.45) is 0. The third-order valence-electron chi connectivity index (χ3n) is 2.58. The average Bonchev–Trinajstić information content (AvgIpc) is 2.84. The summed E-state index contributed by atoms with van der Waals surface area (Å²) in [6, 6.07) is 9.55. The first kappa shape index (κ1) is 13.3. The summed E-state index contributed by atoms with van der Waals surface area (Å²) in [5.41, 5.74) is 0.460. The highest BCUT2D eigenvalue weighted by Crippen LogP contribution is 2.15. The molecule has 1 aromatic heterocycles. The van der Waals surface area contributed by atoms with Crippen LogP contribution < -0.4 is 5.32 Å². The van der Waals surface area contributed by atoms with Gasteiger partial charge in [0, 0.05) is 11.0 Å². The summed E-state index contributed by atoms with van der Waals surface area (Å²) in [5, 5.41) is 6.66. The van der Waals surface area contributed by atoms with E-state index in [-0.39, 0.29) is 12.5 Å². The maximum absolute atomic E-state index is 11.7. The fraction of sp³-hybridized carbons (Fsp3) is 0.357. The Morgan fingerprint density at radius 1 is 1.26 bits per heavy atom. The fourth-order valence-electron chi connectivity index (χ4n) is 1.45. The molecule has 0 bridgehead atoms. The van der Waals surface area contributed by atoms with E-state index >= 15 is 0 Å². The zero-order chi connectivity index (χ0) is 13.9. The highest BCUT2D eigenvalue weighted by Gasteiger charge is 2.21. The number of hydrogen-bond acceptors (Lipinski definition) is 4. The molecule has 100 valence electrons. The number of nitrogens with one attached hydrogen (secondary N) is 1. The Balaban J connectivity index is 2.01. The molecule has 1 amide bonds. The molecule has 0 saturated carbocycles. The summed E-state index contributed by atoms with van der Waals surface area (Å²) in [5.74, 6) is 0.879. The van der Waals surface area contributed by atoms with Crippen LogP contribution in [0, 0.1) is 5.41 Å². The van der Waals surface area contributed by atoms with Crippen LogP contribution in [0.4, 0.5) is 0 Å². The number of benzene rings is 1. The van der Waals surface area contributed by atoms with Gasteiger partial charge >= 0.3 is 0 Å². The molecule has 0 spiro atoms. The van der Waals surface area contributed by atoms with E-state index in [1.165, 1.54) is 0 Å². The van der Waals surface area contributed by atoms with Gasteiger partial charge in [0.15, 0.2) is 0 Å². The van der Waals surface area contributed by atoms with E-state index in [1.54, 1.807) is 0 Å². The van der Waals surface area contributed by atoms with E-state index in [2.05, 4.69) is 15.5 Å². The van der Waals surface area contributed by atoms with Crippen LogP contribution in [0.5, 0.6) is 0 Å². The zero-order valence-electron chi connectivity index (χ0n) is 11.3. The van der Waals surface area contributed by atoms with Crippen LogP contribution in [0.25, 0.3) is 11.4 Å². The fourth-order valence-corrected chi connectivity index (χ4v) is 1.45. The second-order valence-corrected chi connectivity index (χ2v) is 5.31. The van der Waals surface area contributed by atoms with Crippen molar-refractivity contribution in [2.45, 2.75) is 27.3 Å². The van der Waals surface area contributed by atoms with Crippen LogP contribution in [0.1, 0.15) is 26.7 Å². The van der Waals surface area contributed by atoms with Crippen LogP contribution in [0.2, 0.25) is 0 Å². The monoisotopic (exact) mass is 259 g/mol. The predicted octanol–water partition coefficient (Wildman–Crippen LogP) is 2.40. The van der Waals surface area contributed by atoms with Crippen molar-refractivity contribution in [1.29, 1.82) is 0 Å². The van der Waals surface area contributed by atoms with E-state index in [4.69, 9.17) is 4.52 Å². The third-order valence-corrected chi connectivity index (χ3v) is 2.58. The van der Waals surface area contributed by atoms with Crippen LogP contribution >= 0.6 is 0 Å². The van der Waals surface area contributed by atoms with Crippen molar-refractivity contribution in [2.24, 2.45) is 5.41 Å². The van der Waals surface area contributed by atoms with Crippen molar-refractivity contribution in [2.75, 3.05) is 0 Å². The Hall–Kier alpha value is -2.17. The van der Waals surface area contributed by atoms with Crippen molar-refractivity contribution < 1.29 is 9.32 Å². The summed E-state index contributed by atoms with van der Waals surface area (Å²) < 4.78 is 5.11. The normalized spacial score (nSPS) is 11.3. The van der Waals surface area contributed by atoms with Gasteiger partial charge in [-0.05, 0) is 0 Å². The molecule has 0 atom stereocenters. The molecule has 0 aliphatic rings. The Kier molecular flexibility index (Phi) is 3.64. The van der Waals surface area contributed by atoms with Crippen LogP contribution in [-0.4, -0.2) is 16.0 Å². The molecule has 19 heavy (non-hydrogen) atoms. The summed E-state index contributed by atoms with van der Waals surface area (Å²) >= 11 is 0. The molecular weight excluding hydrogens is 242 g/mol. The van der Waals surface area contributed by atoms with Gasteiger partial charge in [0.1, 0.15) is 0 Å². The molecule has 5 heteroatoms. The molecule has 0 aliphatic heterocycles. The molecule has 1 N–H and O–H groups in total. The smallest absolute Gasteiger partial charge is 0.246 e. The van der Waals surface area contributed by atoms with E-state index in [1.807, 2.05) is 51.1 Å². The number of carbonyl (C=O) groups excluding carboxylic acids is 1. The Bertz CT molecular complexity index is 556. The maximum atomic E-state index is 11.7. The first-order chi connectivity index (χ1) is 8.97. The van der Waals surface area contributed by atoms with Gasteiger partial charge in [0.05, 0.1) is 6.54 Å². The molecule has 2 rings (SSSR count). The number of nitrogens with zero attached hydrogens (tertiary/aromatic N) is 2. The largest absolute Gasteiger partial charge is 0.347 e. The van der Waals surface area contributed by atoms with Crippen molar-refractivity contribution in [3.63, 3.8) is 0 Å². The lowest BCUT2D eigenvalue weighted by Gasteiger charge is -2.16. The first-order valence-corrected chi connectivity index (χ1v) is 6.13. The zero-order valence-corrected chi connectivity index (χ0v) is 11.3. The molecule has 2 aromatic rings. The number of amides is 1. The minimum absolute atomic E-state index is 0.0491. The van der Waals surface area contributed by atoms with Gasteiger partial charge in [0.25, 0.3) is 0 Å². The number of rotatable bonds is 3. The van der Waals surface area contributed by atoms with Gasteiger partial charge in [-0.1, -0.05) is 56.3 Å². The van der Waals surface area contributed by atoms with Gasteiger partial charge in [-0.25, -0.2) is 0 Å².